The molecule has 0 fully saturated rings. The van der Waals surface area contributed by atoms with E-state index in [4.69, 9.17) is 4.74 Å². The standard InChI is InChI=1S/C17H23NOS/c1-13(2)19-17-9-5-4-7-15(17)12-18-14(3)11-16-8-6-10-20-16/h4-10,13-14,18H,11-12H2,1-3H3. The van der Waals surface area contributed by atoms with Crippen molar-refractivity contribution in [3.63, 3.8) is 0 Å². The van der Waals surface area contributed by atoms with Crippen LogP contribution in [0.25, 0.3) is 0 Å². The maximum absolute atomic E-state index is 5.85. The van der Waals surface area contributed by atoms with Crippen LogP contribution in [0.2, 0.25) is 0 Å². The minimum absolute atomic E-state index is 0.208. The molecule has 2 aromatic rings. The average Bonchev–Trinajstić information content (AvgIpc) is 2.90. The van der Waals surface area contributed by atoms with Gasteiger partial charge in [-0.1, -0.05) is 24.3 Å². The van der Waals surface area contributed by atoms with Gasteiger partial charge in [0, 0.05) is 23.0 Å². The topological polar surface area (TPSA) is 21.3 Å². The average molecular weight is 289 g/mol. The van der Waals surface area contributed by atoms with Crippen molar-refractivity contribution in [3.05, 3.63) is 52.2 Å². The first-order valence-electron chi connectivity index (χ1n) is 7.15. The third kappa shape index (κ3) is 4.66. The second-order valence-electron chi connectivity index (χ2n) is 5.34. The van der Waals surface area contributed by atoms with E-state index in [0.717, 1.165) is 18.7 Å². The largest absolute Gasteiger partial charge is 0.491 e. The fraction of sp³-hybridized carbons (Fsp3) is 0.412. The molecule has 0 aliphatic heterocycles. The van der Waals surface area contributed by atoms with E-state index in [1.165, 1.54) is 10.4 Å². The molecule has 0 saturated heterocycles. The van der Waals surface area contributed by atoms with Crippen molar-refractivity contribution >= 4 is 11.3 Å². The summed E-state index contributed by atoms with van der Waals surface area (Å²) >= 11 is 1.82. The molecule has 2 rings (SSSR count). The van der Waals surface area contributed by atoms with Crippen molar-refractivity contribution in [3.8, 4) is 5.75 Å². The first kappa shape index (κ1) is 15.1. The Kier molecular flexibility index (Phi) is 5.62. The minimum Gasteiger partial charge on any atom is -0.491 e. The van der Waals surface area contributed by atoms with Crippen molar-refractivity contribution in [1.82, 2.24) is 5.32 Å². The Bertz CT molecular complexity index is 507. The lowest BCUT2D eigenvalue weighted by atomic mass is 10.1. The summed E-state index contributed by atoms with van der Waals surface area (Å²) in [5.41, 5.74) is 1.22. The van der Waals surface area contributed by atoms with Crippen LogP contribution >= 0.6 is 11.3 Å². The predicted octanol–water partition coefficient (Wildman–Crippen LogP) is 4.26. The van der Waals surface area contributed by atoms with Gasteiger partial charge in [-0.3, -0.25) is 0 Å². The number of nitrogens with one attached hydrogen (secondary N) is 1. The Balaban J connectivity index is 1.90. The molecule has 1 N–H and O–H groups in total. The number of benzene rings is 1. The Morgan fingerprint density at radius 2 is 1.90 bits per heavy atom. The summed E-state index contributed by atoms with van der Waals surface area (Å²) in [6.07, 6.45) is 1.28. The third-order valence-electron chi connectivity index (χ3n) is 3.06. The number of para-hydroxylation sites is 1. The molecule has 1 heterocycles. The zero-order valence-corrected chi connectivity index (χ0v) is 13.2. The monoisotopic (exact) mass is 289 g/mol. The van der Waals surface area contributed by atoms with E-state index in [0.29, 0.717) is 6.04 Å². The van der Waals surface area contributed by atoms with Crippen molar-refractivity contribution in [2.75, 3.05) is 0 Å². The van der Waals surface area contributed by atoms with Gasteiger partial charge in [0.25, 0.3) is 0 Å². The van der Waals surface area contributed by atoms with Crippen LogP contribution in [0.4, 0.5) is 0 Å². The van der Waals surface area contributed by atoms with E-state index in [-0.39, 0.29) is 6.10 Å². The van der Waals surface area contributed by atoms with Crippen LogP contribution in [0.15, 0.2) is 41.8 Å². The van der Waals surface area contributed by atoms with Gasteiger partial charge in [-0.05, 0) is 44.7 Å². The molecule has 2 nitrogen and oxygen atoms in total. The van der Waals surface area contributed by atoms with Crippen LogP contribution in [0.3, 0.4) is 0 Å². The van der Waals surface area contributed by atoms with E-state index in [1.807, 2.05) is 23.5 Å². The molecule has 1 aromatic heterocycles. The molecule has 1 unspecified atom stereocenters. The second-order valence-corrected chi connectivity index (χ2v) is 6.37. The molecule has 0 radical (unpaired) electrons. The zero-order chi connectivity index (χ0) is 14.4. The van der Waals surface area contributed by atoms with E-state index >= 15 is 0 Å². The van der Waals surface area contributed by atoms with Gasteiger partial charge in [0.05, 0.1) is 6.10 Å². The van der Waals surface area contributed by atoms with Crippen LogP contribution in [0, 0.1) is 0 Å². The number of hydrogen-bond acceptors (Lipinski definition) is 3. The van der Waals surface area contributed by atoms with Crippen molar-refractivity contribution in [2.24, 2.45) is 0 Å². The third-order valence-corrected chi connectivity index (χ3v) is 3.96. The molecule has 0 amide bonds. The lowest BCUT2D eigenvalue weighted by Crippen LogP contribution is -2.27. The highest BCUT2D eigenvalue weighted by atomic mass is 32.1. The molecule has 0 saturated carbocycles. The molecule has 0 spiro atoms. The first-order chi connectivity index (χ1) is 9.65. The van der Waals surface area contributed by atoms with Crippen LogP contribution in [-0.2, 0) is 13.0 Å². The molecule has 0 bridgehead atoms. The lowest BCUT2D eigenvalue weighted by Gasteiger charge is -2.17. The predicted molar refractivity (Wildman–Crippen MR) is 86.5 cm³/mol. The summed E-state index contributed by atoms with van der Waals surface area (Å²) < 4.78 is 5.85. The normalized spacial score (nSPS) is 12.6. The van der Waals surface area contributed by atoms with Gasteiger partial charge < -0.3 is 10.1 Å². The summed E-state index contributed by atoms with van der Waals surface area (Å²) in [5.74, 6) is 0.985. The fourth-order valence-electron chi connectivity index (χ4n) is 2.11. The molecule has 108 valence electrons. The van der Waals surface area contributed by atoms with Crippen molar-refractivity contribution in [1.29, 1.82) is 0 Å². The number of ether oxygens (including phenoxy) is 1. The Morgan fingerprint density at radius 1 is 1.10 bits per heavy atom. The smallest absolute Gasteiger partial charge is 0.124 e. The minimum atomic E-state index is 0.208. The number of hydrogen-bond donors (Lipinski definition) is 1. The van der Waals surface area contributed by atoms with E-state index < -0.39 is 0 Å². The number of thiophene rings is 1. The Morgan fingerprint density at radius 3 is 2.60 bits per heavy atom. The summed E-state index contributed by atoms with van der Waals surface area (Å²) in [5, 5.41) is 5.71. The van der Waals surface area contributed by atoms with Gasteiger partial charge in [0.1, 0.15) is 5.75 Å². The summed E-state index contributed by atoms with van der Waals surface area (Å²) in [7, 11) is 0. The molecular weight excluding hydrogens is 266 g/mol. The Labute approximate surface area is 125 Å². The highest BCUT2D eigenvalue weighted by Gasteiger charge is 2.08. The van der Waals surface area contributed by atoms with Crippen molar-refractivity contribution in [2.45, 2.75) is 45.9 Å². The van der Waals surface area contributed by atoms with Gasteiger partial charge >= 0.3 is 0 Å². The summed E-state index contributed by atoms with van der Waals surface area (Å²) in [6, 6.07) is 13.0. The molecule has 1 aromatic carbocycles. The van der Waals surface area contributed by atoms with E-state index in [2.05, 4.69) is 55.7 Å². The highest BCUT2D eigenvalue weighted by Crippen LogP contribution is 2.19. The SMILES string of the molecule is CC(Cc1cccs1)NCc1ccccc1OC(C)C. The van der Waals surface area contributed by atoms with Crippen molar-refractivity contribution < 1.29 is 4.74 Å². The summed E-state index contributed by atoms with van der Waals surface area (Å²) in [6.45, 7) is 7.19. The van der Waals surface area contributed by atoms with Gasteiger partial charge in [-0.15, -0.1) is 11.3 Å². The van der Waals surface area contributed by atoms with E-state index in [9.17, 15) is 0 Å². The molecule has 1 atom stereocenters. The molecule has 3 heteroatoms. The molecule has 0 aliphatic rings. The first-order valence-corrected chi connectivity index (χ1v) is 8.03. The Hall–Kier alpha value is -1.32. The van der Waals surface area contributed by atoms with E-state index in [1.54, 1.807) is 0 Å². The second kappa shape index (κ2) is 7.46. The number of rotatable bonds is 7. The zero-order valence-electron chi connectivity index (χ0n) is 12.4. The molecular formula is C17H23NOS. The lowest BCUT2D eigenvalue weighted by molar-refractivity contribution is 0.239. The van der Waals surface area contributed by atoms with Crippen LogP contribution < -0.4 is 10.1 Å². The maximum atomic E-state index is 5.85. The van der Waals surface area contributed by atoms with Gasteiger partial charge in [0.2, 0.25) is 0 Å². The van der Waals surface area contributed by atoms with Crippen LogP contribution in [-0.4, -0.2) is 12.1 Å². The maximum Gasteiger partial charge on any atom is 0.124 e. The quantitative estimate of drug-likeness (QED) is 0.822. The van der Waals surface area contributed by atoms with Crippen LogP contribution in [0.5, 0.6) is 5.75 Å². The molecule has 20 heavy (non-hydrogen) atoms. The van der Waals surface area contributed by atoms with Crippen LogP contribution in [0.1, 0.15) is 31.2 Å². The molecule has 0 aliphatic carbocycles. The summed E-state index contributed by atoms with van der Waals surface area (Å²) in [4.78, 5) is 1.43. The van der Waals surface area contributed by atoms with Gasteiger partial charge in [-0.2, -0.15) is 0 Å². The highest BCUT2D eigenvalue weighted by molar-refractivity contribution is 7.09. The van der Waals surface area contributed by atoms with Gasteiger partial charge in [0.15, 0.2) is 0 Å². The fourth-order valence-corrected chi connectivity index (χ4v) is 2.94. The van der Waals surface area contributed by atoms with Gasteiger partial charge in [-0.25, -0.2) is 0 Å².